The van der Waals surface area contributed by atoms with Gasteiger partial charge in [-0.05, 0) is 45.2 Å². The Bertz CT molecular complexity index is 386. The van der Waals surface area contributed by atoms with Crippen LogP contribution in [0.15, 0.2) is 6.07 Å². The number of aryl methyl sites for hydroxylation is 2. The number of rotatable bonds is 5. The van der Waals surface area contributed by atoms with Crippen LogP contribution >= 0.6 is 0 Å². The van der Waals surface area contributed by atoms with E-state index in [1.54, 1.807) is 0 Å². The van der Waals surface area contributed by atoms with Crippen molar-refractivity contribution >= 4 is 0 Å². The highest BCUT2D eigenvalue weighted by Crippen LogP contribution is 2.21. The summed E-state index contributed by atoms with van der Waals surface area (Å²) >= 11 is 0. The summed E-state index contributed by atoms with van der Waals surface area (Å²) in [5.41, 5.74) is 2.48. The van der Waals surface area contributed by atoms with E-state index >= 15 is 0 Å². The molecule has 0 aromatic carbocycles. The van der Waals surface area contributed by atoms with Crippen LogP contribution in [0.1, 0.15) is 38.6 Å². The van der Waals surface area contributed by atoms with E-state index in [0.29, 0.717) is 5.92 Å². The summed E-state index contributed by atoms with van der Waals surface area (Å²) in [6, 6.07) is 2.22. The lowest BCUT2D eigenvalue weighted by atomic mass is 10.0. The number of nitrogens with zero attached hydrogens (tertiary/aromatic N) is 3. The molecule has 18 heavy (non-hydrogen) atoms. The molecule has 0 bridgehead atoms. The van der Waals surface area contributed by atoms with Gasteiger partial charge in [-0.25, -0.2) is 0 Å². The van der Waals surface area contributed by atoms with Crippen LogP contribution in [-0.4, -0.2) is 39.0 Å². The molecule has 0 amide bonds. The van der Waals surface area contributed by atoms with Crippen molar-refractivity contribution in [2.45, 2.75) is 52.8 Å². The monoisotopic (exact) mass is 251 g/mol. The van der Waals surface area contributed by atoms with Crippen molar-refractivity contribution in [3.63, 3.8) is 0 Å². The summed E-state index contributed by atoms with van der Waals surface area (Å²) < 4.78 is 2.11. The molecular formula is C14H25N3O. The molecule has 2 atom stereocenters. The molecule has 0 aliphatic carbocycles. The Hall–Kier alpha value is -0.870. The standard InChI is InChI=1S/C14H25N3O/c1-4-13-8-14(17(5-2)15-13)10-16-7-6-12(9-16)11(3)18/h8,11-12,18H,4-7,9-10H2,1-3H3. The van der Waals surface area contributed by atoms with Gasteiger partial charge < -0.3 is 5.11 Å². The molecular weight excluding hydrogens is 226 g/mol. The Kier molecular flexibility index (Phi) is 4.40. The Morgan fingerprint density at radius 1 is 1.50 bits per heavy atom. The first-order chi connectivity index (χ1) is 8.63. The highest BCUT2D eigenvalue weighted by Gasteiger charge is 2.26. The highest BCUT2D eigenvalue weighted by atomic mass is 16.3. The molecule has 4 heteroatoms. The van der Waals surface area contributed by atoms with Crippen LogP contribution in [0.4, 0.5) is 0 Å². The minimum Gasteiger partial charge on any atom is -0.393 e. The number of aromatic nitrogens is 2. The third-order valence-corrected chi connectivity index (χ3v) is 3.95. The van der Waals surface area contributed by atoms with Crippen molar-refractivity contribution in [3.8, 4) is 0 Å². The van der Waals surface area contributed by atoms with Crippen LogP contribution in [0, 0.1) is 5.92 Å². The van der Waals surface area contributed by atoms with Crippen LogP contribution in [-0.2, 0) is 19.5 Å². The van der Waals surface area contributed by atoms with Crippen molar-refractivity contribution in [3.05, 3.63) is 17.5 Å². The molecule has 1 aromatic rings. The summed E-state index contributed by atoms with van der Waals surface area (Å²) in [4.78, 5) is 2.43. The number of aliphatic hydroxyl groups is 1. The summed E-state index contributed by atoms with van der Waals surface area (Å²) in [6.45, 7) is 10.2. The van der Waals surface area contributed by atoms with E-state index in [9.17, 15) is 5.11 Å². The normalized spacial score (nSPS) is 22.6. The van der Waals surface area contributed by atoms with Gasteiger partial charge in [-0.2, -0.15) is 5.10 Å². The van der Waals surface area contributed by atoms with Crippen molar-refractivity contribution < 1.29 is 5.11 Å². The second-order valence-electron chi connectivity index (χ2n) is 5.32. The summed E-state index contributed by atoms with van der Waals surface area (Å²) in [5.74, 6) is 0.439. The van der Waals surface area contributed by atoms with Gasteiger partial charge in [-0.3, -0.25) is 9.58 Å². The van der Waals surface area contributed by atoms with Gasteiger partial charge in [0.25, 0.3) is 0 Å². The minimum atomic E-state index is -0.183. The maximum absolute atomic E-state index is 9.63. The summed E-state index contributed by atoms with van der Waals surface area (Å²) in [5, 5.41) is 14.2. The number of hydrogen-bond acceptors (Lipinski definition) is 3. The topological polar surface area (TPSA) is 41.3 Å². The van der Waals surface area contributed by atoms with Crippen LogP contribution in [0.25, 0.3) is 0 Å². The molecule has 2 heterocycles. The Balaban J connectivity index is 1.99. The average molecular weight is 251 g/mol. The van der Waals surface area contributed by atoms with E-state index in [4.69, 9.17) is 0 Å². The fourth-order valence-electron chi connectivity index (χ4n) is 2.72. The molecule has 1 N–H and O–H groups in total. The summed E-state index contributed by atoms with van der Waals surface area (Å²) in [6.07, 6.45) is 1.92. The molecule has 0 saturated carbocycles. The lowest BCUT2D eigenvalue weighted by molar-refractivity contribution is 0.127. The lowest BCUT2D eigenvalue weighted by Crippen LogP contribution is -2.25. The van der Waals surface area contributed by atoms with E-state index in [2.05, 4.69) is 34.6 Å². The van der Waals surface area contributed by atoms with Gasteiger partial charge in [-0.15, -0.1) is 0 Å². The van der Waals surface area contributed by atoms with Gasteiger partial charge in [0.1, 0.15) is 0 Å². The Morgan fingerprint density at radius 3 is 2.83 bits per heavy atom. The Labute approximate surface area is 110 Å². The maximum atomic E-state index is 9.63. The van der Waals surface area contributed by atoms with E-state index in [1.807, 2.05) is 6.92 Å². The van der Waals surface area contributed by atoms with Crippen molar-refractivity contribution in [2.75, 3.05) is 13.1 Å². The first-order valence-corrected chi connectivity index (χ1v) is 7.10. The van der Waals surface area contributed by atoms with Crippen LogP contribution < -0.4 is 0 Å². The average Bonchev–Trinajstić information content (AvgIpc) is 2.96. The summed E-state index contributed by atoms with van der Waals surface area (Å²) in [7, 11) is 0. The molecule has 1 aromatic heterocycles. The van der Waals surface area contributed by atoms with E-state index in [1.165, 1.54) is 11.4 Å². The molecule has 102 valence electrons. The zero-order valence-electron chi connectivity index (χ0n) is 11.8. The number of hydrogen-bond donors (Lipinski definition) is 1. The molecule has 1 aliphatic rings. The van der Waals surface area contributed by atoms with E-state index < -0.39 is 0 Å². The molecule has 2 rings (SSSR count). The van der Waals surface area contributed by atoms with Gasteiger partial charge in [0.15, 0.2) is 0 Å². The quantitative estimate of drug-likeness (QED) is 0.865. The van der Waals surface area contributed by atoms with Gasteiger partial charge >= 0.3 is 0 Å². The molecule has 1 fully saturated rings. The van der Waals surface area contributed by atoms with Crippen molar-refractivity contribution in [2.24, 2.45) is 5.92 Å². The fourth-order valence-corrected chi connectivity index (χ4v) is 2.72. The van der Waals surface area contributed by atoms with Crippen LogP contribution in [0.5, 0.6) is 0 Å². The number of likely N-dealkylation sites (tertiary alicyclic amines) is 1. The lowest BCUT2D eigenvalue weighted by Gasteiger charge is -2.17. The first-order valence-electron chi connectivity index (χ1n) is 7.10. The molecule has 0 radical (unpaired) electrons. The van der Waals surface area contributed by atoms with Crippen LogP contribution in [0.3, 0.4) is 0 Å². The molecule has 0 spiro atoms. The smallest absolute Gasteiger partial charge is 0.0625 e. The highest BCUT2D eigenvalue weighted by molar-refractivity contribution is 5.10. The Morgan fingerprint density at radius 2 is 2.28 bits per heavy atom. The molecule has 1 aliphatic heterocycles. The van der Waals surface area contributed by atoms with E-state index in [0.717, 1.165) is 39.0 Å². The van der Waals surface area contributed by atoms with Gasteiger partial charge in [0, 0.05) is 19.6 Å². The predicted molar refractivity (Wildman–Crippen MR) is 72.3 cm³/mol. The zero-order valence-corrected chi connectivity index (χ0v) is 11.8. The predicted octanol–water partition coefficient (Wildman–Crippen LogP) is 1.67. The van der Waals surface area contributed by atoms with Gasteiger partial charge in [0.05, 0.1) is 17.5 Å². The second-order valence-corrected chi connectivity index (χ2v) is 5.32. The SMILES string of the molecule is CCc1cc(CN2CCC(C(C)O)C2)n(CC)n1. The fraction of sp³-hybridized carbons (Fsp3) is 0.786. The number of aliphatic hydroxyl groups excluding tert-OH is 1. The zero-order chi connectivity index (χ0) is 13.1. The first kappa shape index (κ1) is 13.6. The molecule has 4 nitrogen and oxygen atoms in total. The van der Waals surface area contributed by atoms with Crippen molar-refractivity contribution in [1.29, 1.82) is 0 Å². The van der Waals surface area contributed by atoms with Gasteiger partial charge in [-0.1, -0.05) is 6.92 Å². The maximum Gasteiger partial charge on any atom is 0.0625 e. The minimum absolute atomic E-state index is 0.183. The third kappa shape index (κ3) is 2.93. The van der Waals surface area contributed by atoms with Gasteiger partial charge in [0.2, 0.25) is 0 Å². The molecule has 2 unspecified atom stereocenters. The largest absolute Gasteiger partial charge is 0.393 e. The second kappa shape index (κ2) is 5.85. The van der Waals surface area contributed by atoms with E-state index in [-0.39, 0.29) is 6.10 Å². The van der Waals surface area contributed by atoms with Crippen molar-refractivity contribution in [1.82, 2.24) is 14.7 Å². The third-order valence-electron chi connectivity index (χ3n) is 3.95. The molecule has 1 saturated heterocycles. The van der Waals surface area contributed by atoms with Crippen LogP contribution in [0.2, 0.25) is 0 Å².